The standard InChI is InChI=1S/C31H31N3O2S/c1-19-11-13-24(15-21(19)3)17-28-30(36)34(26-14-12-20(2)22(4)16-26)31(37-28)27(18-32)29(35)33-23(5)25-9-7-6-8-10-25/h6-16,23,28H,17H2,1-5H3,(H,33,35)/b31-27-. The van der Waals surface area contributed by atoms with Gasteiger partial charge >= 0.3 is 0 Å². The molecule has 1 saturated heterocycles. The first-order valence-corrected chi connectivity index (χ1v) is 13.2. The largest absolute Gasteiger partial charge is 0.345 e. The number of carbonyl (C=O) groups excluding carboxylic acids is 2. The van der Waals surface area contributed by atoms with Crippen LogP contribution >= 0.6 is 11.8 Å². The molecule has 1 heterocycles. The molecule has 0 saturated carbocycles. The fourth-order valence-corrected chi connectivity index (χ4v) is 5.63. The highest BCUT2D eigenvalue weighted by molar-refractivity contribution is 8.05. The maximum Gasteiger partial charge on any atom is 0.265 e. The van der Waals surface area contributed by atoms with Gasteiger partial charge < -0.3 is 5.32 Å². The van der Waals surface area contributed by atoms with Crippen molar-refractivity contribution in [2.75, 3.05) is 4.90 Å². The number of thioether (sulfide) groups is 1. The molecule has 2 amide bonds. The second-order valence-corrected chi connectivity index (χ2v) is 10.8. The van der Waals surface area contributed by atoms with E-state index in [0.29, 0.717) is 17.1 Å². The fraction of sp³-hybridized carbons (Fsp3) is 0.258. The average molecular weight is 510 g/mol. The predicted octanol–water partition coefficient (Wildman–Crippen LogP) is 6.22. The number of benzene rings is 3. The lowest BCUT2D eigenvalue weighted by molar-refractivity contribution is -0.117. The summed E-state index contributed by atoms with van der Waals surface area (Å²) in [6.45, 7) is 10.00. The quantitative estimate of drug-likeness (QED) is 0.316. The number of aryl methyl sites for hydroxylation is 4. The van der Waals surface area contributed by atoms with Crippen LogP contribution in [0.2, 0.25) is 0 Å². The number of nitriles is 1. The van der Waals surface area contributed by atoms with Crippen molar-refractivity contribution in [1.29, 1.82) is 5.26 Å². The van der Waals surface area contributed by atoms with Crippen LogP contribution in [0, 0.1) is 39.0 Å². The lowest BCUT2D eigenvalue weighted by atomic mass is 10.0. The van der Waals surface area contributed by atoms with Crippen LogP contribution in [0.1, 0.15) is 46.3 Å². The Labute approximate surface area is 223 Å². The van der Waals surface area contributed by atoms with Crippen LogP contribution in [-0.4, -0.2) is 17.1 Å². The molecule has 1 N–H and O–H groups in total. The summed E-state index contributed by atoms with van der Waals surface area (Å²) in [5.74, 6) is -0.618. The molecular weight excluding hydrogens is 478 g/mol. The summed E-state index contributed by atoms with van der Waals surface area (Å²) >= 11 is 1.29. The SMILES string of the molecule is Cc1ccc(CC2S/C(=C(/C#N)C(=O)NC(C)c3ccccc3)N(c3ccc(C)c(C)c3)C2=O)cc1C. The molecule has 2 unspecified atom stereocenters. The van der Waals surface area contributed by atoms with Gasteiger partial charge in [-0.15, -0.1) is 0 Å². The summed E-state index contributed by atoms with van der Waals surface area (Å²) in [6.07, 6.45) is 0.510. The molecule has 0 bridgehead atoms. The summed E-state index contributed by atoms with van der Waals surface area (Å²) in [6, 6.07) is 23.4. The van der Waals surface area contributed by atoms with E-state index in [0.717, 1.165) is 22.3 Å². The Morgan fingerprint density at radius 1 is 0.973 bits per heavy atom. The number of nitrogens with one attached hydrogen (secondary N) is 1. The second kappa shape index (κ2) is 11.1. The topological polar surface area (TPSA) is 73.2 Å². The van der Waals surface area contributed by atoms with Crippen molar-refractivity contribution < 1.29 is 9.59 Å². The van der Waals surface area contributed by atoms with Gasteiger partial charge in [0.1, 0.15) is 16.7 Å². The van der Waals surface area contributed by atoms with E-state index in [4.69, 9.17) is 0 Å². The van der Waals surface area contributed by atoms with Crippen LogP contribution < -0.4 is 10.2 Å². The van der Waals surface area contributed by atoms with Crippen molar-refractivity contribution in [1.82, 2.24) is 5.32 Å². The number of rotatable bonds is 6. The normalized spacial score (nSPS) is 17.4. The van der Waals surface area contributed by atoms with Gasteiger partial charge in [0, 0.05) is 5.69 Å². The van der Waals surface area contributed by atoms with E-state index in [1.54, 1.807) is 4.90 Å². The van der Waals surface area contributed by atoms with Gasteiger partial charge in [-0.25, -0.2) is 0 Å². The summed E-state index contributed by atoms with van der Waals surface area (Å²) < 4.78 is 0. The zero-order valence-electron chi connectivity index (χ0n) is 21.8. The monoisotopic (exact) mass is 509 g/mol. The summed E-state index contributed by atoms with van der Waals surface area (Å²) in [5, 5.41) is 13.0. The number of hydrogen-bond donors (Lipinski definition) is 1. The van der Waals surface area contributed by atoms with E-state index >= 15 is 0 Å². The molecule has 3 aromatic carbocycles. The molecule has 6 heteroatoms. The van der Waals surface area contributed by atoms with Crippen LogP contribution in [-0.2, 0) is 16.0 Å². The van der Waals surface area contributed by atoms with Crippen molar-refractivity contribution in [2.24, 2.45) is 0 Å². The zero-order valence-corrected chi connectivity index (χ0v) is 22.6. The third-order valence-electron chi connectivity index (χ3n) is 6.89. The number of carbonyl (C=O) groups is 2. The molecule has 1 aliphatic rings. The first kappa shape index (κ1) is 26.2. The molecule has 0 aromatic heterocycles. The van der Waals surface area contributed by atoms with E-state index in [9.17, 15) is 14.9 Å². The molecular formula is C31H31N3O2S. The average Bonchev–Trinajstić information content (AvgIpc) is 3.19. The van der Waals surface area contributed by atoms with Gasteiger partial charge in [0.05, 0.1) is 11.3 Å². The molecule has 0 spiro atoms. The minimum absolute atomic E-state index is 0.0538. The van der Waals surface area contributed by atoms with Crippen LogP contribution in [0.4, 0.5) is 5.69 Å². The Morgan fingerprint density at radius 3 is 2.24 bits per heavy atom. The van der Waals surface area contributed by atoms with E-state index < -0.39 is 11.2 Å². The van der Waals surface area contributed by atoms with Crippen molar-refractivity contribution in [3.05, 3.63) is 111 Å². The number of hydrogen-bond acceptors (Lipinski definition) is 4. The smallest absolute Gasteiger partial charge is 0.265 e. The van der Waals surface area contributed by atoms with Crippen LogP contribution in [0.25, 0.3) is 0 Å². The molecule has 0 radical (unpaired) electrons. The number of amides is 2. The van der Waals surface area contributed by atoms with E-state index in [1.807, 2.05) is 75.4 Å². The van der Waals surface area contributed by atoms with Crippen LogP contribution in [0.3, 0.4) is 0 Å². The molecule has 3 aromatic rings. The minimum Gasteiger partial charge on any atom is -0.345 e. The Balaban J connectivity index is 1.72. The maximum absolute atomic E-state index is 13.8. The summed E-state index contributed by atoms with van der Waals surface area (Å²) in [5.41, 5.74) is 7.10. The molecule has 1 aliphatic heterocycles. The van der Waals surface area contributed by atoms with Gasteiger partial charge in [-0.3, -0.25) is 14.5 Å². The predicted molar refractivity (Wildman–Crippen MR) is 150 cm³/mol. The Hall–Kier alpha value is -3.82. The van der Waals surface area contributed by atoms with E-state index in [1.165, 1.54) is 22.9 Å². The number of anilines is 1. The molecule has 188 valence electrons. The van der Waals surface area contributed by atoms with Crippen LogP contribution in [0.15, 0.2) is 77.3 Å². The lowest BCUT2D eigenvalue weighted by Crippen LogP contribution is -2.33. The molecule has 2 atom stereocenters. The fourth-order valence-electron chi connectivity index (χ4n) is 4.32. The summed E-state index contributed by atoms with van der Waals surface area (Å²) in [7, 11) is 0. The Kier molecular flexibility index (Phi) is 7.85. The number of nitrogens with zero attached hydrogens (tertiary/aromatic N) is 2. The van der Waals surface area contributed by atoms with Gasteiger partial charge in [-0.2, -0.15) is 5.26 Å². The van der Waals surface area contributed by atoms with Crippen LogP contribution in [0.5, 0.6) is 0 Å². The zero-order chi connectivity index (χ0) is 26.7. The second-order valence-electron chi connectivity index (χ2n) is 9.57. The minimum atomic E-state index is -0.491. The Bertz CT molecular complexity index is 1420. The first-order valence-electron chi connectivity index (χ1n) is 12.3. The molecule has 5 nitrogen and oxygen atoms in total. The van der Waals surface area contributed by atoms with Crippen molar-refractivity contribution >= 4 is 29.3 Å². The summed E-state index contributed by atoms with van der Waals surface area (Å²) in [4.78, 5) is 28.7. The Morgan fingerprint density at radius 2 is 1.62 bits per heavy atom. The lowest BCUT2D eigenvalue weighted by Gasteiger charge is -2.20. The molecule has 1 fully saturated rings. The van der Waals surface area contributed by atoms with Crippen molar-refractivity contribution in [2.45, 2.75) is 52.3 Å². The molecule has 4 rings (SSSR count). The van der Waals surface area contributed by atoms with E-state index in [2.05, 4.69) is 37.4 Å². The van der Waals surface area contributed by atoms with Crippen molar-refractivity contribution in [3.63, 3.8) is 0 Å². The van der Waals surface area contributed by atoms with Gasteiger partial charge in [0.15, 0.2) is 0 Å². The van der Waals surface area contributed by atoms with Gasteiger partial charge in [-0.05, 0) is 86.6 Å². The molecule has 0 aliphatic carbocycles. The van der Waals surface area contributed by atoms with Gasteiger partial charge in [-0.1, -0.05) is 66.4 Å². The highest BCUT2D eigenvalue weighted by Gasteiger charge is 2.41. The third-order valence-corrected chi connectivity index (χ3v) is 8.16. The van der Waals surface area contributed by atoms with E-state index in [-0.39, 0.29) is 17.5 Å². The third kappa shape index (κ3) is 5.63. The highest BCUT2D eigenvalue weighted by atomic mass is 32.2. The first-order chi connectivity index (χ1) is 17.7. The maximum atomic E-state index is 13.8. The molecule has 37 heavy (non-hydrogen) atoms. The van der Waals surface area contributed by atoms with Crippen molar-refractivity contribution in [3.8, 4) is 6.07 Å². The highest BCUT2D eigenvalue weighted by Crippen LogP contribution is 2.42. The van der Waals surface area contributed by atoms with Gasteiger partial charge in [0.25, 0.3) is 5.91 Å². The van der Waals surface area contributed by atoms with Gasteiger partial charge in [0.2, 0.25) is 5.91 Å².